The summed E-state index contributed by atoms with van der Waals surface area (Å²) in [6.45, 7) is 7.27. The largest absolute Gasteiger partial charge is 0.444 e. The number of rotatable bonds is 6. The van der Waals surface area contributed by atoms with Crippen molar-refractivity contribution in [1.82, 2.24) is 15.2 Å². The van der Waals surface area contributed by atoms with Crippen molar-refractivity contribution in [2.75, 3.05) is 19.7 Å². The number of aromatic nitrogens is 1. The van der Waals surface area contributed by atoms with E-state index in [0.29, 0.717) is 25.5 Å². The molecule has 0 radical (unpaired) electrons. The van der Waals surface area contributed by atoms with E-state index >= 15 is 0 Å². The van der Waals surface area contributed by atoms with Crippen LogP contribution < -0.4 is 5.32 Å². The number of ether oxygens (including phenoxy) is 1. The fraction of sp³-hybridized carbons (Fsp3) is 0.474. The van der Waals surface area contributed by atoms with Gasteiger partial charge in [0.05, 0.1) is 31.4 Å². The Balaban J connectivity index is 1.44. The van der Waals surface area contributed by atoms with Crippen molar-refractivity contribution >= 4 is 5.91 Å². The lowest BCUT2D eigenvalue weighted by Crippen LogP contribution is -2.44. The summed E-state index contributed by atoms with van der Waals surface area (Å²) in [7, 11) is 0. The second kappa shape index (κ2) is 8.27. The predicted molar refractivity (Wildman–Crippen MR) is 93.9 cm³/mol. The molecule has 0 unspecified atom stereocenters. The maximum absolute atomic E-state index is 12.2. The third kappa shape index (κ3) is 5.14. The molecule has 25 heavy (non-hydrogen) atoms. The Kier molecular flexibility index (Phi) is 5.83. The van der Waals surface area contributed by atoms with Gasteiger partial charge in [-0.1, -0.05) is 30.3 Å². The SMILES string of the molecule is Cc1nc(CNC(=O)C[C@H]2CN(Cc3ccccc3)CCO2)oc1C. The molecule has 1 atom stereocenters. The standard InChI is InChI=1S/C19H25N3O3/c1-14-15(2)25-19(21-14)11-20-18(23)10-17-13-22(8-9-24-17)12-16-6-4-3-5-7-16/h3-7,17H,8-13H2,1-2H3,(H,20,23)/t17-/m0/s1. The number of carbonyl (C=O) groups excluding carboxylic acids is 1. The number of amides is 1. The van der Waals surface area contributed by atoms with E-state index < -0.39 is 0 Å². The van der Waals surface area contributed by atoms with E-state index in [1.54, 1.807) is 0 Å². The Labute approximate surface area is 148 Å². The second-order valence-electron chi connectivity index (χ2n) is 6.44. The minimum atomic E-state index is -0.0782. The molecular weight excluding hydrogens is 318 g/mol. The zero-order valence-corrected chi connectivity index (χ0v) is 14.8. The van der Waals surface area contributed by atoms with Gasteiger partial charge in [-0.2, -0.15) is 0 Å². The Bertz CT molecular complexity index is 680. The van der Waals surface area contributed by atoms with E-state index in [0.717, 1.165) is 31.1 Å². The highest BCUT2D eigenvalue weighted by atomic mass is 16.5. The number of hydrogen-bond acceptors (Lipinski definition) is 5. The molecule has 1 aromatic carbocycles. The molecule has 1 N–H and O–H groups in total. The van der Waals surface area contributed by atoms with Crippen LogP contribution in [-0.2, 0) is 22.6 Å². The monoisotopic (exact) mass is 343 g/mol. The van der Waals surface area contributed by atoms with Gasteiger partial charge in [0.15, 0.2) is 0 Å². The van der Waals surface area contributed by atoms with Crippen molar-refractivity contribution in [3.05, 3.63) is 53.2 Å². The number of oxazole rings is 1. The summed E-state index contributed by atoms with van der Waals surface area (Å²) in [6.07, 6.45) is 0.273. The minimum Gasteiger partial charge on any atom is -0.444 e. The number of hydrogen-bond donors (Lipinski definition) is 1. The third-order valence-electron chi connectivity index (χ3n) is 4.39. The summed E-state index contributed by atoms with van der Waals surface area (Å²) >= 11 is 0. The average Bonchev–Trinajstić information content (AvgIpc) is 2.92. The molecule has 1 aliphatic heterocycles. The van der Waals surface area contributed by atoms with Crippen molar-refractivity contribution < 1.29 is 13.9 Å². The van der Waals surface area contributed by atoms with Gasteiger partial charge in [0, 0.05) is 19.6 Å². The Morgan fingerprint density at radius 3 is 2.84 bits per heavy atom. The fourth-order valence-corrected chi connectivity index (χ4v) is 2.96. The van der Waals surface area contributed by atoms with Gasteiger partial charge >= 0.3 is 0 Å². The summed E-state index contributed by atoms with van der Waals surface area (Å²) in [5.41, 5.74) is 2.14. The van der Waals surface area contributed by atoms with E-state index in [-0.39, 0.29) is 12.0 Å². The number of nitrogens with one attached hydrogen (secondary N) is 1. The molecule has 1 saturated heterocycles. The van der Waals surface area contributed by atoms with Crippen LogP contribution in [0.25, 0.3) is 0 Å². The van der Waals surface area contributed by atoms with Crippen molar-refractivity contribution in [1.29, 1.82) is 0 Å². The smallest absolute Gasteiger partial charge is 0.223 e. The summed E-state index contributed by atoms with van der Waals surface area (Å²) in [5, 5.41) is 2.86. The molecule has 3 rings (SSSR count). The van der Waals surface area contributed by atoms with Crippen LogP contribution in [0.15, 0.2) is 34.7 Å². The first-order valence-corrected chi connectivity index (χ1v) is 8.67. The molecule has 0 aliphatic carbocycles. The summed E-state index contributed by atoms with van der Waals surface area (Å²) in [5.74, 6) is 1.29. The molecular formula is C19H25N3O3. The van der Waals surface area contributed by atoms with Crippen LogP contribution >= 0.6 is 0 Å². The van der Waals surface area contributed by atoms with Crippen LogP contribution in [0.1, 0.15) is 29.3 Å². The quantitative estimate of drug-likeness (QED) is 0.871. The van der Waals surface area contributed by atoms with Gasteiger partial charge in [-0.05, 0) is 19.4 Å². The lowest BCUT2D eigenvalue weighted by atomic mass is 10.1. The zero-order chi connectivity index (χ0) is 17.6. The Morgan fingerprint density at radius 1 is 1.32 bits per heavy atom. The molecule has 1 aliphatic rings. The summed E-state index contributed by atoms with van der Waals surface area (Å²) < 4.78 is 11.2. The Hall–Kier alpha value is -2.18. The number of carbonyl (C=O) groups is 1. The maximum atomic E-state index is 12.2. The molecule has 2 heterocycles. The first-order chi connectivity index (χ1) is 12.1. The molecule has 134 valence electrons. The predicted octanol–water partition coefficient (Wildman–Crippen LogP) is 2.20. The zero-order valence-electron chi connectivity index (χ0n) is 14.8. The molecule has 1 amide bonds. The van der Waals surface area contributed by atoms with E-state index in [1.165, 1.54) is 5.56 Å². The first-order valence-electron chi connectivity index (χ1n) is 8.67. The summed E-state index contributed by atoms with van der Waals surface area (Å²) in [6, 6.07) is 10.4. The minimum absolute atomic E-state index is 0.0416. The maximum Gasteiger partial charge on any atom is 0.223 e. The van der Waals surface area contributed by atoms with Crippen LogP contribution in [0.3, 0.4) is 0 Å². The summed E-state index contributed by atoms with van der Waals surface area (Å²) in [4.78, 5) is 18.8. The average molecular weight is 343 g/mol. The van der Waals surface area contributed by atoms with Crippen LogP contribution in [0, 0.1) is 13.8 Å². The van der Waals surface area contributed by atoms with Crippen LogP contribution in [0.5, 0.6) is 0 Å². The second-order valence-corrected chi connectivity index (χ2v) is 6.44. The van der Waals surface area contributed by atoms with Gasteiger partial charge in [-0.25, -0.2) is 4.98 Å². The lowest BCUT2D eigenvalue weighted by molar-refractivity contribution is -0.126. The van der Waals surface area contributed by atoms with Gasteiger partial charge in [-0.3, -0.25) is 9.69 Å². The number of benzene rings is 1. The van der Waals surface area contributed by atoms with Crippen LogP contribution in [-0.4, -0.2) is 41.6 Å². The van der Waals surface area contributed by atoms with Crippen LogP contribution in [0.2, 0.25) is 0 Å². The number of nitrogens with zero attached hydrogens (tertiary/aromatic N) is 2. The number of aryl methyl sites for hydroxylation is 2. The molecule has 0 saturated carbocycles. The van der Waals surface area contributed by atoms with Crippen molar-refractivity contribution in [3.63, 3.8) is 0 Å². The topological polar surface area (TPSA) is 67.6 Å². The van der Waals surface area contributed by atoms with Crippen molar-refractivity contribution in [3.8, 4) is 0 Å². The van der Waals surface area contributed by atoms with Crippen LogP contribution in [0.4, 0.5) is 0 Å². The van der Waals surface area contributed by atoms with Crippen molar-refractivity contribution in [2.24, 2.45) is 0 Å². The van der Waals surface area contributed by atoms with Gasteiger partial charge in [0.1, 0.15) is 5.76 Å². The highest BCUT2D eigenvalue weighted by molar-refractivity contribution is 5.76. The lowest BCUT2D eigenvalue weighted by Gasteiger charge is -2.32. The molecule has 1 aromatic heterocycles. The van der Waals surface area contributed by atoms with E-state index in [9.17, 15) is 4.79 Å². The molecule has 0 spiro atoms. The normalized spacial score (nSPS) is 18.2. The molecule has 2 aromatic rings. The van der Waals surface area contributed by atoms with Gasteiger partial charge in [-0.15, -0.1) is 0 Å². The van der Waals surface area contributed by atoms with E-state index in [4.69, 9.17) is 9.15 Å². The van der Waals surface area contributed by atoms with Gasteiger partial charge in [0.2, 0.25) is 11.8 Å². The number of morpholine rings is 1. The van der Waals surface area contributed by atoms with Crippen molar-refractivity contribution in [2.45, 2.75) is 39.5 Å². The first kappa shape index (κ1) is 17.6. The highest BCUT2D eigenvalue weighted by Gasteiger charge is 2.23. The Morgan fingerprint density at radius 2 is 2.12 bits per heavy atom. The van der Waals surface area contributed by atoms with Gasteiger partial charge in [0.25, 0.3) is 0 Å². The molecule has 1 fully saturated rings. The molecule has 6 heteroatoms. The van der Waals surface area contributed by atoms with Gasteiger partial charge < -0.3 is 14.5 Å². The van der Waals surface area contributed by atoms with E-state index in [1.807, 2.05) is 32.0 Å². The third-order valence-corrected chi connectivity index (χ3v) is 4.39. The van der Waals surface area contributed by atoms with E-state index in [2.05, 4.69) is 27.3 Å². The molecule has 0 bridgehead atoms. The highest BCUT2D eigenvalue weighted by Crippen LogP contribution is 2.13. The fourth-order valence-electron chi connectivity index (χ4n) is 2.96. The molecule has 6 nitrogen and oxygen atoms in total.